The van der Waals surface area contributed by atoms with Crippen molar-refractivity contribution in [1.29, 1.82) is 0 Å². The number of benzene rings is 2. The van der Waals surface area contributed by atoms with Crippen LogP contribution < -0.4 is 4.74 Å². The average Bonchev–Trinajstić information content (AvgIpc) is 2.83. The number of carbonyl (C=O) groups excluding carboxylic acids is 2. The van der Waals surface area contributed by atoms with Crippen molar-refractivity contribution in [3.63, 3.8) is 0 Å². The smallest absolute Gasteiger partial charge is 0.308 e. The van der Waals surface area contributed by atoms with Crippen LogP contribution in [-0.2, 0) is 10.2 Å². The molecular formula is C29H38N2O4. The van der Waals surface area contributed by atoms with Crippen molar-refractivity contribution in [2.75, 3.05) is 26.7 Å². The van der Waals surface area contributed by atoms with E-state index in [1.54, 1.807) is 6.07 Å². The molecule has 35 heavy (non-hydrogen) atoms. The van der Waals surface area contributed by atoms with E-state index in [2.05, 4.69) is 31.9 Å². The van der Waals surface area contributed by atoms with E-state index in [1.807, 2.05) is 47.4 Å². The molecule has 4 atom stereocenters. The number of hydrogen-bond donors (Lipinski definition) is 1. The number of carbonyl (C=O) groups is 2. The highest BCUT2D eigenvalue weighted by Crippen LogP contribution is 2.50. The minimum Gasteiger partial charge on any atom is -0.427 e. The van der Waals surface area contributed by atoms with Gasteiger partial charge in [-0.1, -0.05) is 44.2 Å². The van der Waals surface area contributed by atoms with E-state index in [0.717, 1.165) is 31.5 Å². The van der Waals surface area contributed by atoms with Crippen molar-refractivity contribution in [2.24, 2.45) is 11.8 Å². The van der Waals surface area contributed by atoms with Crippen LogP contribution in [0.3, 0.4) is 0 Å². The fourth-order valence-corrected chi connectivity index (χ4v) is 6.15. The van der Waals surface area contributed by atoms with E-state index in [-0.39, 0.29) is 29.3 Å². The van der Waals surface area contributed by atoms with Gasteiger partial charge in [-0.3, -0.25) is 9.59 Å². The summed E-state index contributed by atoms with van der Waals surface area (Å²) in [5, 5.41) is 11.5. The fraction of sp³-hybridized carbons (Fsp3) is 0.517. The Hall–Kier alpha value is -2.70. The second-order valence-corrected chi connectivity index (χ2v) is 10.8. The van der Waals surface area contributed by atoms with E-state index < -0.39 is 6.10 Å². The molecule has 0 aromatic heterocycles. The summed E-state index contributed by atoms with van der Waals surface area (Å²) < 4.78 is 5.42. The molecule has 2 aromatic rings. The third kappa shape index (κ3) is 5.44. The SMILES string of the molecule is CC(=O)Oc1cccc(C23CCN(C)CC2C(O)C[C@@H](N(CC(C)C)C(=O)c2ccccc2)C3)c1. The number of rotatable bonds is 6. The lowest BCUT2D eigenvalue weighted by atomic mass is 9.56. The Bertz CT molecular complexity index is 1040. The standard InChI is InChI=1S/C29H38N2O4/c1-20(2)18-31(28(34)22-9-6-5-7-10-22)24-16-27(33)26-19-30(4)14-13-29(26,17-24)23-11-8-12-25(15-23)35-21(3)32/h5-12,15,20,24,26-27,33H,13-14,16-19H2,1-4H3/t24-,26?,27?,29?/m1/s1. The molecule has 3 unspecified atom stereocenters. The lowest BCUT2D eigenvalue weighted by Crippen LogP contribution is -2.61. The molecule has 2 aromatic carbocycles. The molecule has 6 nitrogen and oxygen atoms in total. The first kappa shape index (κ1) is 25.4. The summed E-state index contributed by atoms with van der Waals surface area (Å²) >= 11 is 0. The van der Waals surface area contributed by atoms with Crippen LogP contribution in [-0.4, -0.2) is 65.6 Å². The Morgan fingerprint density at radius 1 is 1.17 bits per heavy atom. The lowest BCUT2D eigenvalue weighted by Gasteiger charge is -2.56. The van der Waals surface area contributed by atoms with Gasteiger partial charge in [0.1, 0.15) is 5.75 Å². The van der Waals surface area contributed by atoms with Crippen molar-refractivity contribution in [3.8, 4) is 5.75 Å². The Labute approximate surface area is 208 Å². The number of aliphatic hydroxyl groups excluding tert-OH is 1. The number of fused-ring (bicyclic) bond motifs is 1. The zero-order chi connectivity index (χ0) is 25.2. The van der Waals surface area contributed by atoms with E-state index in [9.17, 15) is 14.7 Å². The van der Waals surface area contributed by atoms with Gasteiger partial charge in [0.25, 0.3) is 5.91 Å². The summed E-state index contributed by atoms with van der Waals surface area (Å²) in [5.74, 6) is 0.540. The van der Waals surface area contributed by atoms with E-state index in [1.165, 1.54) is 6.92 Å². The molecule has 0 radical (unpaired) electrons. The van der Waals surface area contributed by atoms with Gasteiger partial charge >= 0.3 is 5.97 Å². The van der Waals surface area contributed by atoms with Gasteiger partial charge in [-0.2, -0.15) is 0 Å². The van der Waals surface area contributed by atoms with Gasteiger partial charge in [0.2, 0.25) is 0 Å². The molecule has 0 spiro atoms. The number of hydrogen-bond acceptors (Lipinski definition) is 5. The Kier molecular flexibility index (Phi) is 7.62. The summed E-state index contributed by atoms with van der Waals surface area (Å²) in [6, 6.07) is 17.1. The summed E-state index contributed by atoms with van der Waals surface area (Å²) in [7, 11) is 2.10. The van der Waals surface area contributed by atoms with Crippen LogP contribution in [0, 0.1) is 11.8 Å². The van der Waals surface area contributed by atoms with Crippen LogP contribution in [0.5, 0.6) is 5.75 Å². The predicted octanol–water partition coefficient (Wildman–Crippen LogP) is 4.12. The van der Waals surface area contributed by atoms with Crippen molar-refractivity contribution in [3.05, 3.63) is 65.7 Å². The number of aliphatic hydroxyl groups is 1. The van der Waals surface area contributed by atoms with Gasteiger partial charge in [-0.15, -0.1) is 0 Å². The van der Waals surface area contributed by atoms with E-state index >= 15 is 0 Å². The Morgan fingerprint density at radius 3 is 2.60 bits per heavy atom. The first-order valence-corrected chi connectivity index (χ1v) is 12.7. The number of amides is 1. The van der Waals surface area contributed by atoms with Crippen LogP contribution in [0.2, 0.25) is 0 Å². The van der Waals surface area contributed by atoms with Gasteiger partial charge < -0.3 is 19.6 Å². The first-order valence-electron chi connectivity index (χ1n) is 12.7. The van der Waals surface area contributed by atoms with Gasteiger partial charge in [-0.05, 0) is 68.6 Å². The maximum atomic E-state index is 13.7. The molecule has 2 aliphatic rings. The molecule has 1 amide bonds. The third-order valence-corrected chi connectivity index (χ3v) is 7.69. The average molecular weight is 479 g/mol. The molecule has 1 saturated carbocycles. The van der Waals surface area contributed by atoms with Gasteiger partial charge in [0.05, 0.1) is 6.10 Å². The highest BCUT2D eigenvalue weighted by atomic mass is 16.5. The van der Waals surface area contributed by atoms with Crippen LogP contribution in [0.25, 0.3) is 0 Å². The molecular weight excluding hydrogens is 440 g/mol. The molecule has 1 heterocycles. The molecule has 6 heteroatoms. The summed E-state index contributed by atoms with van der Waals surface area (Å²) in [5.41, 5.74) is 1.45. The minimum atomic E-state index is -0.535. The van der Waals surface area contributed by atoms with Gasteiger partial charge in [0, 0.05) is 43.0 Å². The number of nitrogens with zero attached hydrogens (tertiary/aromatic N) is 2. The van der Waals surface area contributed by atoms with Crippen LogP contribution in [0.1, 0.15) is 56.0 Å². The number of piperidine rings is 1. The molecule has 1 saturated heterocycles. The fourth-order valence-electron chi connectivity index (χ4n) is 6.15. The molecule has 1 aliphatic carbocycles. The van der Waals surface area contributed by atoms with Crippen molar-refractivity contribution in [1.82, 2.24) is 9.80 Å². The van der Waals surface area contributed by atoms with Crippen LogP contribution in [0.4, 0.5) is 0 Å². The first-order chi connectivity index (χ1) is 16.7. The second-order valence-electron chi connectivity index (χ2n) is 10.8. The van der Waals surface area contributed by atoms with E-state index in [0.29, 0.717) is 30.2 Å². The normalized spacial score (nSPS) is 26.7. The number of likely N-dealkylation sites (tertiary alicyclic amines) is 1. The maximum absolute atomic E-state index is 13.7. The number of esters is 1. The molecule has 2 fully saturated rings. The lowest BCUT2D eigenvalue weighted by molar-refractivity contribution is -0.131. The van der Waals surface area contributed by atoms with Crippen LogP contribution >= 0.6 is 0 Å². The Balaban J connectivity index is 1.74. The van der Waals surface area contributed by atoms with Crippen LogP contribution in [0.15, 0.2) is 54.6 Å². The van der Waals surface area contributed by atoms with E-state index in [4.69, 9.17) is 4.74 Å². The molecule has 1 aliphatic heterocycles. The monoisotopic (exact) mass is 478 g/mol. The van der Waals surface area contributed by atoms with Crippen molar-refractivity contribution in [2.45, 2.75) is 57.6 Å². The minimum absolute atomic E-state index is 0.0201. The second kappa shape index (κ2) is 10.5. The summed E-state index contributed by atoms with van der Waals surface area (Å²) in [6.45, 7) is 8.00. The molecule has 0 bridgehead atoms. The number of ether oxygens (including phenoxy) is 1. The molecule has 4 rings (SSSR count). The van der Waals surface area contributed by atoms with Gasteiger partial charge in [0.15, 0.2) is 0 Å². The topological polar surface area (TPSA) is 70.1 Å². The largest absolute Gasteiger partial charge is 0.427 e. The third-order valence-electron chi connectivity index (χ3n) is 7.69. The quantitative estimate of drug-likeness (QED) is 0.500. The molecule has 188 valence electrons. The zero-order valence-corrected chi connectivity index (χ0v) is 21.3. The maximum Gasteiger partial charge on any atom is 0.308 e. The summed E-state index contributed by atoms with van der Waals surface area (Å²) in [6.07, 6.45) is 1.68. The predicted molar refractivity (Wildman–Crippen MR) is 136 cm³/mol. The highest BCUT2D eigenvalue weighted by Gasteiger charge is 2.53. The summed E-state index contributed by atoms with van der Waals surface area (Å²) in [4.78, 5) is 29.6. The van der Waals surface area contributed by atoms with Crippen molar-refractivity contribution >= 4 is 11.9 Å². The molecule has 1 N–H and O–H groups in total. The van der Waals surface area contributed by atoms with Crippen molar-refractivity contribution < 1.29 is 19.4 Å². The van der Waals surface area contributed by atoms with Gasteiger partial charge in [-0.25, -0.2) is 0 Å². The zero-order valence-electron chi connectivity index (χ0n) is 21.3. The highest BCUT2D eigenvalue weighted by molar-refractivity contribution is 5.94. The Morgan fingerprint density at radius 2 is 1.91 bits per heavy atom.